The number of ether oxygens (including phenoxy) is 2. The van der Waals surface area contributed by atoms with Gasteiger partial charge in [0.05, 0.1) is 28.8 Å². The Morgan fingerprint density at radius 3 is 2.50 bits per heavy atom. The van der Waals surface area contributed by atoms with Gasteiger partial charge in [0.2, 0.25) is 5.91 Å². The first-order chi connectivity index (χ1) is 15.2. The van der Waals surface area contributed by atoms with Gasteiger partial charge >= 0.3 is 5.97 Å². The molecule has 1 N–H and O–H groups in total. The van der Waals surface area contributed by atoms with E-state index in [1.165, 1.54) is 35.2 Å². The van der Waals surface area contributed by atoms with E-state index in [0.29, 0.717) is 11.3 Å². The lowest BCUT2D eigenvalue weighted by Gasteiger charge is -2.35. The lowest BCUT2D eigenvalue weighted by atomic mass is 10.0. The van der Waals surface area contributed by atoms with Crippen molar-refractivity contribution in [1.29, 1.82) is 0 Å². The van der Waals surface area contributed by atoms with E-state index < -0.39 is 28.8 Å². The third-order valence-electron chi connectivity index (χ3n) is 4.80. The van der Waals surface area contributed by atoms with Crippen molar-refractivity contribution in [2.45, 2.75) is 26.9 Å². The van der Waals surface area contributed by atoms with Gasteiger partial charge in [-0.05, 0) is 43.2 Å². The number of non-ortho nitro benzene ring substituents is 1. The summed E-state index contributed by atoms with van der Waals surface area (Å²) in [6.45, 7) is 5.23. The maximum absolute atomic E-state index is 13.0. The summed E-state index contributed by atoms with van der Waals surface area (Å²) < 4.78 is 10.6. The molecule has 0 spiro atoms. The summed E-state index contributed by atoms with van der Waals surface area (Å²) in [4.78, 5) is 49.2. The van der Waals surface area contributed by atoms with E-state index in [1.54, 1.807) is 32.9 Å². The van der Waals surface area contributed by atoms with Crippen LogP contribution in [0.15, 0.2) is 42.5 Å². The summed E-state index contributed by atoms with van der Waals surface area (Å²) in [7, 11) is 0. The molecule has 168 valence electrons. The largest absolute Gasteiger partial charge is 0.478 e. The molecule has 0 bridgehead atoms. The van der Waals surface area contributed by atoms with Gasteiger partial charge in [0.15, 0.2) is 11.9 Å². The number of hydrogen-bond donors (Lipinski definition) is 1. The molecule has 0 aromatic heterocycles. The number of rotatable bonds is 7. The lowest BCUT2D eigenvalue weighted by molar-refractivity contribution is -0.384. The van der Waals surface area contributed by atoms with Crippen molar-refractivity contribution in [3.05, 3.63) is 58.1 Å². The number of carbonyl (C=O) groups excluding carboxylic acids is 3. The minimum Gasteiger partial charge on any atom is -0.478 e. The third-order valence-corrected chi connectivity index (χ3v) is 4.80. The lowest BCUT2D eigenvalue weighted by Crippen LogP contribution is -2.50. The molecule has 10 nitrogen and oxygen atoms in total. The minimum absolute atomic E-state index is 0.170. The van der Waals surface area contributed by atoms with Crippen molar-refractivity contribution < 1.29 is 28.8 Å². The van der Waals surface area contributed by atoms with Crippen LogP contribution in [0.4, 0.5) is 17.1 Å². The molecular formula is C22H23N3O7. The number of nitrogens with one attached hydrogen (secondary N) is 1. The van der Waals surface area contributed by atoms with E-state index in [4.69, 9.17) is 9.47 Å². The number of nitrogens with zero attached hydrogens (tertiary/aromatic N) is 2. The normalized spacial score (nSPS) is 15.1. The Morgan fingerprint density at radius 2 is 1.91 bits per heavy atom. The van der Waals surface area contributed by atoms with Crippen molar-refractivity contribution >= 4 is 34.8 Å². The number of esters is 1. The number of carbonyl (C=O) groups is 3. The molecular weight excluding hydrogens is 418 g/mol. The number of nitro benzene ring substituents is 1. The molecule has 32 heavy (non-hydrogen) atoms. The Bertz CT molecular complexity index is 1050. The fraction of sp³-hybridized carbons (Fsp3) is 0.318. The predicted molar refractivity (Wildman–Crippen MR) is 116 cm³/mol. The number of nitro groups is 1. The van der Waals surface area contributed by atoms with Crippen molar-refractivity contribution in [3.8, 4) is 5.75 Å². The smallest absolute Gasteiger partial charge is 0.338 e. The molecule has 1 atom stereocenters. The van der Waals surface area contributed by atoms with E-state index in [-0.39, 0.29) is 36.2 Å². The first kappa shape index (κ1) is 22.7. The quantitative estimate of drug-likeness (QED) is 0.397. The van der Waals surface area contributed by atoms with Crippen molar-refractivity contribution in [2.24, 2.45) is 5.92 Å². The van der Waals surface area contributed by atoms with E-state index in [1.807, 2.05) is 0 Å². The summed E-state index contributed by atoms with van der Waals surface area (Å²) in [6.07, 6.45) is -0.874. The first-order valence-corrected chi connectivity index (χ1v) is 10.0. The van der Waals surface area contributed by atoms with Crippen molar-refractivity contribution in [2.75, 3.05) is 23.4 Å². The van der Waals surface area contributed by atoms with Crippen molar-refractivity contribution in [3.63, 3.8) is 0 Å². The summed E-state index contributed by atoms with van der Waals surface area (Å²) >= 11 is 0. The Kier molecular flexibility index (Phi) is 6.72. The summed E-state index contributed by atoms with van der Waals surface area (Å²) in [6, 6.07) is 10.1. The predicted octanol–water partition coefficient (Wildman–Crippen LogP) is 3.16. The maximum Gasteiger partial charge on any atom is 0.338 e. The van der Waals surface area contributed by atoms with Gasteiger partial charge in [-0.25, -0.2) is 4.79 Å². The van der Waals surface area contributed by atoms with Crippen LogP contribution in [-0.2, 0) is 14.3 Å². The van der Waals surface area contributed by atoms with Crippen LogP contribution in [-0.4, -0.2) is 42.0 Å². The average molecular weight is 441 g/mol. The van der Waals surface area contributed by atoms with Gasteiger partial charge in [-0.15, -0.1) is 0 Å². The first-order valence-electron chi connectivity index (χ1n) is 10.0. The highest BCUT2D eigenvalue weighted by Gasteiger charge is 2.38. The molecule has 3 rings (SSSR count). The van der Waals surface area contributed by atoms with Crippen molar-refractivity contribution in [1.82, 2.24) is 0 Å². The number of benzene rings is 2. The fourth-order valence-electron chi connectivity index (χ4n) is 3.23. The second kappa shape index (κ2) is 9.46. The summed E-state index contributed by atoms with van der Waals surface area (Å²) in [5.41, 5.74) is 0.897. The molecule has 0 saturated heterocycles. The number of amides is 2. The molecule has 2 aromatic carbocycles. The number of fused-ring (bicyclic) bond motifs is 1. The average Bonchev–Trinajstić information content (AvgIpc) is 2.75. The molecule has 2 amide bonds. The van der Waals surface area contributed by atoms with Crippen LogP contribution in [0.5, 0.6) is 5.75 Å². The molecule has 10 heteroatoms. The molecule has 0 radical (unpaired) electrons. The van der Waals surface area contributed by atoms with Crippen LogP contribution in [0.2, 0.25) is 0 Å². The Morgan fingerprint density at radius 1 is 1.22 bits per heavy atom. The highest BCUT2D eigenvalue weighted by atomic mass is 16.6. The molecule has 1 unspecified atom stereocenters. The maximum atomic E-state index is 13.0. The van der Waals surface area contributed by atoms with Crippen LogP contribution in [0.3, 0.4) is 0 Å². The molecule has 0 fully saturated rings. The second-order valence-corrected chi connectivity index (χ2v) is 7.46. The molecule has 0 aliphatic carbocycles. The number of anilines is 2. The Hall–Kier alpha value is -3.95. The Balaban J connectivity index is 1.79. The van der Waals surface area contributed by atoms with Gasteiger partial charge in [0, 0.05) is 11.8 Å². The third kappa shape index (κ3) is 4.85. The van der Waals surface area contributed by atoms with E-state index >= 15 is 0 Å². The van der Waals surface area contributed by atoms with Gasteiger partial charge in [-0.1, -0.05) is 13.8 Å². The van der Waals surface area contributed by atoms with E-state index in [9.17, 15) is 24.5 Å². The van der Waals surface area contributed by atoms with Gasteiger partial charge in [-0.2, -0.15) is 0 Å². The number of hydrogen-bond acceptors (Lipinski definition) is 7. The van der Waals surface area contributed by atoms with Crippen LogP contribution in [0.25, 0.3) is 0 Å². The van der Waals surface area contributed by atoms with Crippen LogP contribution in [0, 0.1) is 16.0 Å². The SMILES string of the molecule is CCOC(=O)c1ccc(NC(=O)CN2C(=O)C(C(C)C)Oc3cc([N+](=O)[O-])ccc32)cc1. The standard InChI is InChI=1S/C22H23N3O7/c1-4-31-22(28)14-5-7-15(8-6-14)23-19(26)12-24-17-10-9-16(25(29)30)11-18(17)32-20(13(2)3)21(24)27/h5-11,13,20H,4,12H2,1-3H3,(H,23,26). The highest BCUT2D eigenvalue weighted by Crippen LogP contribution is 2.38. The van der Waals surface area contributed by atoms with E-state index in [2.05, 4.69) is 5.32 Å². The summed E-state index contributed by atoms with van der Waals surface area (Å²) in [5, 5.41) is 13.8. The van der Waals surface area contributed by atoms with Crippen LogP contribution < -0.4 is 15.0 Å². The van der Waals surface area contributed by atoms with Crippen LogP contribution in [0.1, 0.15) is 31.1 Å². The fourth-order valence-corrected chi connectivity index (χ4v) is 3.23. The van der Waals surface area contributed by atoms with Gasteiger partial charge < -0.3 is 14.8 Å². The molecule has 1 aliphatic heterocycles. The Labute approximate surface area is 184 Å². The molecule has 0 saturated carbocycles. The topological polar surface area (TPSA) is 128 Å². The zero-order chi connectivity index (χ0) is 23.4. The highest BCUT2D eigenvalue weighted by molar-refractivity contribution is 6.06. The van der Waals surface area contributed by atoms with Crippen LogP contribution >= 0.6 is 0 Å². The summed E-state index contributed by atoms with van der Waals surface area (Å²) in [5.74, 6) is -1.39. The minimum atomic E-state index is -0.874. The molecule has 1 aliphatic rings. The van der Waals surface area contributed by atoms with Gasteiger partial charge in [-0.3, -0.25) is 24.6 Å². The van der Waals surface area contributed by atoms with Gasteiger partial charge in [0.1, 0.15) is 6.54 Å². The monoisotopic (exact) mass is 441 g/mol. The second-order valence-electron chi connectivity index (χ2n) is 7.46. The molecule has 2 aromatic rings. The zero-order valence-electron chi connectivity index (χ0n) is 17.9. The van der Waals surface area contributed by atoms with Gasteiger partial charge in [0.25, 0.3) is 11.6 Å². The van der Waals surface area contributed by atoms with E-state index in [0.717, 1.165) is 0 Å². The molecule has 1 heterocycles. The zero-order valence-corrected chi connectivity index (χ0v) is 17.9.